The molecule has 0 aliphatic heterocycles. The van der Waals surface area contributed by atoms with Gasteiger partial charge in [-0.15, -0.1) is 11.3 Å². The summed E-state index contributed by atoms with van der Waals surface area (Å²) in [5, 5.41) is 5.35. The molecule has 0 aliphatic rings. The predicted molar refractivity (Wildman–Crippen MR) is 124 cm³/mol. The van der Waals surface area contributed by atoms with Gasteiger partial charge in [-0.25, -0.2) is 4.98 Å². The van der Waals surface area contributed by atoms with E-state index in [1.807, 2.05) is 53.9 Å². The molecule has 0 bridgehead atoms. The van der Waals surface area contributed by atoms with E-state index in [-0.39, 0.29) is 11.3 Å². The highest BCUT2D eigenvalue weighted by atomic mass is 79.9. The first-order valence-corrected chi connectivity index (χ1v) is 11.0. The van der Waals surface area contributed by atoms with Gasteiger partial charge in [0.15, 0.2) is 10.7 Å². The molecule has 3 rings (SSSR count). The van der Waals surface area contributed by atoms with Crippen molar-refractivity contribution in [2.24, 2.45) is 0 Å². The van der Waals surface area contributed by atoms with Crippen molar-refractivity contribution in [1.29, 1.82) is 0 Å². The van der Waals surface area contributed by atoms with Crippen LogP contribution in [0.5, 0.6) is 5.75 Å². The van der Waals surface area contributed by atoms with Crippen LogP contribution in [-0.2, 0) is 10.2 Å². The van der Waals surface area contributed by atoms with Crippen molar-refractivity contribution in [2.45, 2.75) is 45.6 Å². The second-order valence-electron chi connectivity index (χ2n) is 8.39. The third-order valence-electron chi connectivity index (χ3n) is 4.50. The van der Waals surface area contributed by atoms with Crippen LogP contribution in [0.4, 0.5) is 5.13 Å². The van der Waals surface area contributed by atoms with E-state index in [1.54, 1.807) is 13.8 Å². The molecule has 6 heteroatoms. The van der Waals surface area contributed by atoms with Crippen LogP contribution in [0.3, 0.4) is 0 Å². The Morgan fingerprint density at radius 1 is 1.00 bits per heavy atom. The summed E-state index contributed by atoms with van der Waals surface area (Å²) in [4.78, 5) is 17.3. The van der Waals surface area contributed by atoms with Crippen LogP contribution in [0, 0.1) is 0 Å². The summed E-state index contributed by atoms with van der Waals surface area (Å²) >= 11 is 4.82. The normalized spacial score (nSPS) is 11.9. The van der Waals surface area contributed by atoms with Crippen LogP contribution in [-0.4, -0.2) is 16.5 Å². The molecule has 0 saturated heterocycles. The first-order chi connectivity index (χ1) is 13.5. The Morgan fingerprint density at radius 2 is 1.62 bits per heavy atom. The Hall–Kier alpha value is -2.18. The van der Waals surface area contributed by atoms with Crippen LogP contribution in [0.25, 0.3) is 11.3 Å². The van der Waals surface area contributed by atoms with Gasteiger partial charge in [0.2, 0.25) is 0 Å². The van der Waals surface area contributed by atoms with Crippen LogP contribution in [0.1, 0.15) is 40.2 Å². The number of carbonyl (C=O) groups excluding carboxylic acids is 1. The Bertz CT molecular complexity index is 987. The number of rotatable bonds is 5. The van der Waals surface area contributed by atoms with E-state index < -0.39 is 5.60 Å². The molecule has 152 valence electrons. The third-order valence-corrected chi connectivity index (χ3v) is 5.79. The minimum atomic E-state index is -1.04. The molecule has 0 saturated carbocycles. The van der Waals surface area contributed by atoms with Gasteiger partial charge >= 0.3 is 0 Å². The quantitative estimate of drug-likeness (QED) is 0.451. The second-order valence-corrected chi connectivity index (χ2v) is 10.2. The van der Waals surface area contributed by atoms with Gasteiger partial charge in [-0.2, -0.15) is 0 Å². The van der Waals surface area contributed by atoms with Gasteiger partial charge in [0.25, 0.3) is 5.91 Å². The first kappa shape index (κ1) is 21.5. The van der Waals surface area contributed by atoms with E-state index in [0.717, 1.165) is 15.7 Å². The van der Waals surface area contributed by atoms with E-state index >= 15 is 0 Å². The Labute approximate surface area is 184 Å². The molecule has 0 fully saturated rings. The number of carbonyl (C=O) groups is 1. The van der Waals surface area contributed by atoms with Crippen molar-refractivity contribution >= 4 is 38.3 Å². The molecular weight excluding hydrogens is 448 g/mol. The molecule has 2 aromatic carbocycles. The number of hydrogen-bond donors (Lipinski definition) is 1. The minimum absolute atomic E-state index is 0.0722. The molecular formula is C23H25BrN2O2S. The zero-order valence-corrected chi connectivity index (χ0v) is 19.6. The van der Waals surface area contributed by atoms with E-state index in [4.69, 9.17) is 4.74 Å². The summed E-state index contributed by atoms with van der Waals surface area (Å²) in [6.45, 7) is 10.00. The molecule has 1 heterocycles. The van der Waals surface area contributed by atoms with E-state index in [2.05, 4.69) is 47.0 Å². The maximum Gasteiger partial charge on any atom is 0.269 e. The lowest BCUT2D eigenvalue weighted by molar-refractivity contribution is -0.128. The molecule has 0 radical (unpaired) electrons. The summed E-state index contributed by atoms with van der Waals surface area (Å²) < 4.78 is 6.98. The minimum Gasteiger partial charge on any atom is -0.478 e. The fourth-order valence-electron chi connectivity index (χ4n) is 2.70. The van der Waals surface area contributed by atoms with Gasteiger partial charge < -0.3 is 4.74 Å². The highest BCUT2D eigenvalue weighted by Gasteiger charge is 2.31. The molecule has 4 nitrogen and oxygen atoms in total. The van der Waals surface area contributed by atoms with Gasteiger partial charge in [-0.1, -0.05) is 61.0 Å². The fourth-order valence-corrected chi connectivity index (χ4v) is 3.68. The largest absolute Gasteiger partial charge is 0.478 e. The van der Waals surface area contributed by atoms with Crippen LogP contribution in [0.2, 0.25) is 0 Å². The number of hydrogen-bond acceptors (Lipinski definition) is 4. The molecule has 1 aromatic heterocycles. The number of anilines is 1. The van der Waals surface area contributed by atoms with E-state index in [1.165, 1.54) is 16.9 Å². The van der Waals surface area contributed by atoms with Crippen LogP contribution in [0.15, 0.2) is 58.4 Å². The molecule has 3 aromatic rings. The van der Waals surface area contributed by atoms with Gasteiger partial charge in [0.1, 0.15) is 5.75 Å². The summed E-state index contributed by atoms with van der Waals surface area (Å²) in [7, 11) is 0. The number of nitrogens with zero attached hydrogens (tertiary/aromatic N) is 1. The van der Waals surface area contributed by atoms with Crippen molar-refractivity contribution in [3.05, 3.63) is 63.9 Å². The average Bonchev–Trinajstić information content (AvgIpc) is 3.10. The fraction of sp³-hybridized carbons (Fsp3) is 0.304. The Kier molecular flexibility index (Phi) is 6.15. The molecule has 1 N–H and O–H groups in total. The van der Waals surface area contributed by atoms with Gasteiger partial charge in [0, 0.05) is 15.4 Å². The zero-order valence-electron chi connectivity index (χ0n) is 17.2. The van der Waals surface area contributed by atoms with E-state index in [9.17, 15) is 4.79 Å². The smallest absolute Gasteiger partial charge is 0.269 e. The van der Waals surface area contributed by atoms with E-state index in [0.29, 0.717) is 10.9 Å². The number of thiazole rings is 1. The standard InChI is InChI=1S/C23H25BrN2O2S/c1-22(2,3)16-8-12-18(13-9-16)28-23(4,5)20(27)26-21-25-19(14-29-21)15-6-10-17(24)11-7-15/h6-14H,1-5H3,(H,25,26,27). The number of ether oxygens (including phenoxy) is 1. The summed E-state index contributed by atoms with van der Waals surface area (Å²) in [5.41, 5.74) is 2.08. The lowest BCUT2D eigenvalue weighted by Gasteiger charge is -2.25. The molecule has 1 amide bonds. The zero-order chi connectivity index (χ0) is 21.2. The van der Waals surface area contributed by atoms with Gasteiger partial charge in [0.05, 0.1) is 5.69 Å². The monoisotopic (exact) mass is 472 g/mol. The second kappa shape index (κ2) is 8.28. The lowest BCUT2D eigenvalue weighted by Crippen LogP contribution is -2.42. The van der Waals surface area contributed by atoms with Crippen molar-refractivity contribution in [1.82, 2.24) is 4.98 Å². The predicted octanol–water partition coefficient (Wildman–Crippen LogP) is 6.67. The van der Waals surface area contributed by atoms with Crippen LogP contribution < -0.4 is 10.1 Å². The van der Waals surface area contributed by atoms with Gasteiger partial charge in [-0.3, -0.25) is 10.1 Å². The molecule has 0 aliphatic carbocycles. The first-order valence-electron chi connectivity index (χ1n) is 9.37. The third kappa shape index (κ3) is 5.46. The van der Waals surface area contributed by atoms with Crippen molar-refractivity contribution in [2.75, 3.05) is 5.32 Å². The summed E-state index contributed by atoms with van der Waals surface area (Å²) in [5.74, 6) is 0.418. The molecule has 29 heavy (non-hydrogen) atoms. The SMILES string of the molecule is CC(C)(Oc1ccc(C(C)(C)C)cc1)C(=O)Nc1nc(-c2ccc(Br)cc2)cs1. The Balaban J connectivity index is 1.67. The summed E-state index contributed by atoms with van der Waals surface area (Å²) in [6.07, 6.45) is 0. The van der Waals surface area contributed by atoms with Crippen molar-refractivity contribution in [3.63, 3.8) is 0 Å². The maximum absolute atomic E-state index is 12.8. The van der Waals surface area contributed by atoms with Gasteiger partial charge in [-0.05, 0) is 49.1 Å². The number of aromatic nitrogens is 1. The number of amides is 1. The molecule has 0 atom stereocenters. The topological polar surface area (TPSA) is 51.2 Å². The average molecular weight is 473 g/mol. The highest BCUT2D eigenvalue weighted by molar-refractivity contribution is 9.10. The highest BCUT2D eigenvalue weighted by Crippen LogP contribution is 2.28. The number of nitrogens with one attached hydrogen (secondary N) is 1. The maximum atomic E-state index is 12.8. The van der Waals surface area contributed by atoms with Crippen molar-refractivity contribution in [3.8, 4) is 17.0 Å². The van der Waals surface area contributed by atoms with Crippen molar-refractivity contribution < 1.29 is 9.53 Å². The lowest BCUT2D eigenvalue weighted by atomic mass is 9.87. The molecule has 0 spiro atoms. The molecule has 0 unspecified atom stereocenters. The number of halogens is 1. The Morgan fingerprint density at radius 3 is 2.21 bits per heavy atom. The van der Waals surface area contributed by atoms with Crippen LogP contribution >= 0.6 is 27.3 Å². The summed E-state index contributed by atoms with van der Waals surface area (Å²) in [6, 6.07) is 15.8. The number of benzene rings is 2.